The van der Waals surface area contributed by atoms with E-state index >= 15 is 0 Å². The van der Waals surface area contributed by atoms with Crippen LogP contribution in [0.4, 0.5) is 11.4 Å². The second-order valence-electron chi connectivity index (χ2n) is 5.25. The first kappa shape index (κ1) is 16.8. The van der Waals surface area contributed by atoms with Crippen LogP contribution < -0.4 is 20.1 Å². The van der Waals surface area contributed by atoms with Crippen LogP contribution in [0.2, 0.25) is 0 Å². The zero-order valence-electron chi connectivity index (χ0n) is 13.7. The minimum atomic E-state index is 0.505. The molecule has 0 aliphatic rings. The van der Waals surface area contributed by atoms with Crippen molar-refractivity contribution < 1.29 is 9.47 Å². The third-order valence-electron chi connectivity index (χ3n) is 3.42. The highest BCUT2D eigenvalue weighted by molar-refractivity contribution is 7.80. The summed E-state index contributed by atoms with van der Waals surface area (Å²) in [4.78, 5) is 0. The van der Waals surface area contributed by atoms with Gasteiger partial charge in [0, 0.05) is 17.4 Å². The van der Waals surface area contributed by atoms with E-state index in [4.69, 9.17) is 21.7 Å². The lowest BCUT2D eigenvalue weighted by Crippen LogP contribution is -2.18. The Kier molecular flexibility index (Phi) is 5.49. The maximum Gasteiger partial charge on any atom is 0.175 e. The lowest BCUT2D eigenvalue weighted by molar-refractivity contribution is 0.415. The van der Waals surface area contributed by atoms with E-state index in [2.05, 4.69) is 10.6 Å². The Morgan fingerprint density at radius 3 is 2.08 bits per heavy atom. The first-order valence-corrected chi connectivity index (χ1v) is 8.19. The minimum absolute atomic E-state index is 0.505. The van der Waals surface area contributed by atoms with Crippen molar-refractivity contribution in [2.45, 2.75) is 0 Å². The second-order valence-corrected chi connectivity index (χ2v) is 5.66. The maximum absolute atomic E-state index is 5.77. The number of thiocarbonyl (C=S) groups is 1. The molecule has 0 fully saturated rings. The van der Waals surface area contributed by atoms with Crippen molar-refractivity contribution in [2.24, 2.45) is 0 Å². The highest BCUT2D eigenvalue weighted by atomic mass is 32.1. The molecule has 0 saturated carbocycles. The van der Waals surface area contributed by atoms with Crippen LogP contribution in [0.1, 0.15) is 0 Å². The molecule has 4 nitrogen and oxygen atoms in total. The highest BCUT2D eigenvalue weighted by Gasteiger charge is 2.02. The Hall–Kier alpha value is -3.05. The maximum atomic E-state index is 5.77. The van der Waals surface area contributed by atoms with Gasteiger partial charge >= 0.3 is 0 Å². The summed E-state index contributed by atoms with van der Waals surface area (Å²) >= 11 is 5.34. The summed E-state index contributed by atoms with van der Waals surface area (Å²) < 4.78 is 11.0. The van der Waals surface area contributed by atoms with Gasteiger partial charge in [0.25, 0.3) is 0 Å². The number of anilines is 2. The van der Waals surface area contributed by atoms with Crippen LogP contribution in [0.25, 0.3) is 0 Å². The molecule has 0 heterocycles. The Morgan fingerprint density at radius 2 is 1.36 bits per heavy atom. The largest absolute Gasteiger partial charge is 0.497 e. The molecule has 2 N–H and O–H groups in total. The summed E-state index contributed by atoms with van der Waals surface area (Å²) in [5, 5.41) is 6.78. The SMILES string of the molecule is COc1cccc(NC(=S)Nc2ccc(Oc3ccccc3)cc2)c1. The lowest BCUT2D eigenvalue weighted by atomic mass is 10.3. The number of para-hydroxylation sites is 1. The molecule has 0 aliphatic heterocycles. The van der Waals surface area contributed by atoms with Crippen LogP contribution in [0.15, 0.2) is 78.9 Å². The van der Waals surface area contributed by atoms with Crippen LogP contribution in [0.3, 0.4) is 0 Å². The van der Waals surface area contributed by atoms with E-state index in [1.165, 1.54) is 0 Å². The molecular formula is C20H18N2O2S. The van der Waals surface area contributed by atoms with Gasteiger partial charge in [0.05, 0.1) is 7.11 Å². The fraction of sp³-hybridized carbons (Fsp3) is 0.0500. The highest BCUT2D eigenvalue weighted by Crippen LogP contribution is 2.23. The molecule has 25 heavy (non-hydrogen) atoms. The molecule has 0 radical (unpaired) electrons. The normalized spacial score (nSPS) is 9.96. The van der Waals surface area contributed by atoms with E-state index in [-0.39, 0.29) is 0 Å². The van der Waals surface area contributed by atoms with Crippen molar-refractivity contribution in [3.63, 3.8) is 0 Å². The molecule has 3 aromatic rings. The number of rotatable bonds is 5. The quantitative estimate of drug-likeness (QED) is 0.612. The molecule has 0 aromatic heterocycles. The van der Waals surface area contributed by atoms with Gasteiger partial charge in [-0.1, -0.05) is 24.3 Å². The van der Waals surface area contributed by atoms with Crippen molar-refractivity contribution in [3.05, 3.63) is 78.9 Å². The van der Waals surface area contributed by atoms with E-state index in [9.17, 15) is 0 Å². The predicted octanol–water partition coefficient (Wildman–Crippen LogP) is 5.30. The smallest absolute Gasteiger partial charge is 0.175 e. The number of hydrogen-bond donors (Lipinski definition) is 2. The van der Waals surface area contributed by atoms with Crippen LogP contribution >= 0.6 is 12.2 Å². The Balaban J connectivity index is 1.58. The summed E-state index contributed by atoms with van der Waals surface area (Å²) in [5.74, 6) is 2.34. The standard InChI is InChI=1S/C20H18N2O2S/c1-23-19-9-5-6-16(14-19)22-20(25)21-15-10-12-18(13-11-15)24-17-7-3-2-4-8-17/h2-14H,1H3,(H2,21,22,25). The average Bonchev–Trinajstić information content (AvgIpc) is 2.64. The molecule has 5 heteroatoms. The van der Waals surface area contributed by atoms with Crippen molar-refractivity contribution in [1.29, 1.82) is 0 Å². The number of benzene rings is 3. The Labute approximate surface area is 152 Å². The van der Waals surface area contributed by atoms with E-state index in [1.54, 1.807) is 7.11 Å². The van der Waals surface area contributed by atoms with E-state index in [0.29, 0.717) is 5.11 Å². The third kappa shape index (κ3) is 4.96. The zero-order valence-corrected chi connectivity index (χ0v) is 14.5. The van der Waals surface area contributed by atoms with Crippen molar-refractivity contribution in [3.8, 4) is 17.2 Å². The van der Waals surface area contributed by atoms with Gasteiger partial charge in [-0.3, -0.25) is 0 Å². The number of methoxy groups -OCH3 is 1. The summed E-state index contributed by atoms with van der Waals surface area (Å²) in [6, 6.07) is 24.9. The van der Waals surface area contributed by atoms with Gasteiger partial charge in [-0.25, -0.2) is 0 Å². The molecule has 3 aromatic carbocycles. The van der Waals surface area contributed by atoms with E-state index < -0.39 is 0 Å². The van der Waals surface area contributed by atoms with Crippen LogP contribution in [0.5, 0.6) is 17.2 Å². The Bertz CT molecular complexity index is 836. The molecule has 0 atom stereocenters. The fourth-order valence-electron chi connectivity index (χ4n) is 2.23. The molecule has 0 unspecified atom stereocenters. The zero-order chi connectivity index (χ0) is 17.5. The lowest BCUT2D eigenvalue weighted by Gasteiger charge is -2.12. The second kappa shape index (κ2) is 8.17. The van der Waals surface area contributed by atoms with Crippen LogP contribution in [-0.2, 0) is 0 Å². The summed E-state index contributed by atoms with van der Waals surface area (Å²) in [6.07, 6.45) is 0. The molecule has 0 aliphatic carbocycles. The van der Waals surface area contributed by atoms with Crippen LogP contribution in [0, 0.1) is 0 Å². The van der Waals surface area contributed by atoms with E-state index in [1.807, 2.05) is 78.9 Å². The average molecular weight is 350 g/mol. The monoisotopic (exact) mass is 350 g/mol. The summed E-state index contributed by atoms with van der Waals surface area (Å²) in [7, 11) is 1.63. The molecule has 0 amide bonds. The predicted molar refractivity (Wildman–Crippen MR) is 106 cm³/mol. The molecule has 0 bridgehead atoms. The first-order chi connectivity index (χ1) is 12.2. The summed E-state index contributed by atoms with van der Waals surface area (Å²) in [6.45, 7) is 0. The van der Waals surface area contributed by atoms with Gasteiger partial charge in [0.1, 0.15) is 17.2 Å². The molecular weight excluding hydrogens is 332 g/mol. The molecule has 0 saturated heterocycles. The molecule has 0 spiro atoms. The third-order valence-corrected chi connectivity index (χ3v) is 3.62. The van der Waals surface area contributed by atoms with Crippen LogP contribution in [-0.4, -0.2) is 12.2 Å². The van der Waals surface area contributed by atoms with Gasteiger partial charge in [-0.2, -0.15) is 0 Å². The van der Waals surface area contributed by atoms with Gasteiger partial charge < -0.3 is 20.1 Å². The first-order valence-electron chi connectivity index (χ1n) is 7.78. The van der Waals surface area contributed by atoms with Crippen molar-refractivity contribution in [2.75, 3.05) is 17.7 Å². The topological polar surface area (TPSA) is 42.5 Å². The number of nitrogens with one attached hydrogen (secondary N) is 2. The fourth-order valence-corrected chi connectivity index (χ4v) is 2.46. The Morgan fingerprint density at radius 1 is 0.720 bits per heavy atom. The van der Waals surface area contributed by atoms with Gasteiger partial charge in [0.15, 0.2) is 5.11 Å². The van der Waals surface area contributed by atoms with Gasteiger partial charge in [-0.15, -0.1) is 0 Å². The van der Waals surface area contributed by atoms with Gasteiger partial charge in [0.2, 0.25) is 0 Å². The van der Waals surface area contributed by atoms with E-state index in [0.717, 1.165) is 28.6 Å². The minimum Gasteiger partial charge on any atom is -0.497 e. The number of hydrogen-bond acceptors (Lipinski definition) is 3. The summed E-state index contributed by atoms with van der Waals surface area (Å²) in [5.41, 5.74) is 1.74. The van der Waals surface area contributed by atoms with Crippen molar-refractivity contribution >= 4 is 28.7 Å². The molecule has 3 rings (SSSR count). The van der Waals surface area contributed by atoms with Gasteiger partial charge in [-0.05, 0) is 60.7 Å². The number of ether oxygens (including phenoxy) is 2. The van der Waals surface area contributed by atoms with Crippen molar-refractivity contribution in [1.82, 2.24) is 0 Å². The molecule has 126 valence electrons.